The van der Waals surface area contributed by atoms with E-state index in [1.165, 1.54) is 22.4 Å². The fraction of sp³-hybridized carbons (Fsp3) is 0.263. The molecule has 0 aliphatic rings. The van der Waals surface area contributed by atoms with Crippen LogP contribution in [0.15, 0.2) is 59.8 Å². The molecule has 152 valence electrons. The van der Waals surface area contributed by atoms with Crippen molar-refractivity contribution in [3.8, 4) is 16.8 Å². The zero-order chi connectivity index (χ0) is 21.2. The van der Waals surface area contributed by atoms with Crippen LogP contribution in [0.4, 0.5) is 0 Å². The molecule has 0 bridgehead atoms. The lowest BCUT2D eigenvalue weighted by Crippen LogP contribution is -2.42. The van der Waals surface area contributed by atoms with E-state index in [2.05, 4.69) is 10.2 Å². The molecule has 0 unspecified atom stereocenters. The minimum Gasteiger partial charge on any atom is -0.315 e. The number of nitrogens with zero attached hydrogens (tertiary/aromatic N) is 4. The minimum atomic E-state index is -3.73. The number of halogens is 1. The number of carbonyl (C=O) groups is 1. The predicted octanol–water partition coefficient (Wildman–Crippen LogP) is 2.05. The van der Waals surface area contributed by atoms with Crippen LogP contribution < -0.4 is 5.56 Å². The minimum absolute atomic E-state index is 0.0467. The lowest BCUT2D eigenvalue weighted by Gasteiger charge is -2.23. The van der Waals surface area contributed by atoms with Crippen LogP contribution >= 0.6 is 11.6 Å². The molecule has 1 aromatic carbocycles. The summed E-state index contributed by atoms with van der Waals surface area (Å²) >= 11 is 5.51. The highest BCUT2D eigenvalue weighted by atomic mass is 35.5. The SMILES string of the molecule is C[C@@](CCn1ccc(-c2ccc(-n3nccn3)cc2)cc1=O)(C(=O)Cl)S(C)(=O)=O. The molecule has 0 fully saturated rings. The average molecular weight is 435 g/mol. The molecule has 3 aromatic rings. The van der Waals surface area contributed by atoms with E-state index in [1.54, 1.807) is 24.7 Å². The normalized spacial score (nSPS) is 13.8. The second kappa shape index (κ2) is 7.92. The van der Waals surface area contributed by atoms with Crippen LogP contribution in [-0.2, 0) is 21.2 Å². The summed E-state index contributed by atoms with van der Waals surface area (Å²) in [5.74, 6) is 0. The molecule has 29 heavy (non-hydrogen) atoms. The van der Waals surface area contributed by atoms with E-state index in [4.69, 9.17) is 11.6 Å². The molecule has 0 N–H and O–H groups in total. The van der Waals surface area contributed by atoms with Crippen LogP contribution in [0, 0.1) is 0 Å². The van der Waals surface area contributed by atoms with Gasteiger partial charge in [-0.3, -0.25) is 9.59 Å². The van der Waals surface area contributed by atoms with Gasteiger partial charge in [0.15, 0.2) is 9.84 Å². The van der Waals surface area contributed by atoms with Crippen molar-refractivity contribution in [2.75, 3.05) is 6.26 Å². The molecule has 0 aliphatic carbocycles. The lowest BCUT2D eigenvalue weighted by atomic mass is 10.1. The molecule has 0 saturated heterocycles. The molecule has 0 saturated carbocycles. The number of hydrogen-bond donors (Lipinski definition) is 0. The summed E-state index contributed by atoms with van der Waals surface area (Å²) in [6.45, 7) is 1.32. The van der Waals surface area contributed by atoms with Gasteiger partial charge in [0.1, 0.15) is 4.75 Å². The number of sulfone groups is 1. The first-order valence-corrected chi connectivity index (χ1v) is 11.0. The van der Waals surface area contributed by atoms with Gasteiger partial charge in [-0.05, 0) is 54.3 Å². The van der Waals surface area contributed by atoms with E-state index in [9.17, 15) is 18.0 Å². The van der Waals surface area contributed by atoms with Gasteiger partial charge in [-0.15, -0.1) is 0 Å². The summed E-state index contributed by atoms with van der Waals surface area (Å²) in [7, 11) is -3.73. The number of benzene rings is 1. The molecule has 1 atom stereocenters. The van der Waals surface area contributed by atoms with Crippen molar-refractivity contribution in [3.63, 3.8) is 0 Å². The van der Waals surface area contributed by atoms with E-state index in [1.807, 2.05) is 24.3 Å². The van der Waals surface area contributed by atoms with Crippen LogP contribution in [-0.4, -0.2) is 44.2 Å². The number of pyridine rings is 1. The maximum atomic E-state index is 12.5. The van der Waals surface area contributed by atoms with Crippen molar-refractivity contribution in [2.24, 2.45) is 0 Å². The third-order valence-corrected chi connectivity index (χ3v) is 7.47. The van der Waals surface area contributed by atoms with Gasteiger partial charge in [0.05, 0.1) is 18.1 Å². The molecule has 2 aromatic heterocycles. The Balaban J connectivity index is 1.80. The standard InChI is InChI=1S/C19H19ClN4O4S/c1-19(18(20)26,29(2,27)28)8-12-23-11-7-15(13-17(23)25)14-3-5-16(6-4-14)24-21-9-10-22-24/h3-7,9-11,13H,8,12H2,1-2H3/t19-/m1/s1. The lowest BCUT2D eigenvalue weighted by molar-refractivity contribution is -0.113. The summed E-state index contributed by atoms with van der Waals surface area (Å²) < 4.78 is 23.5. The van der Waals surface area contributed by atoms with Gasteiger partial charge in [-0.1, -0.05) is 12.1 Å². The fourth-order valence-electron chi connectivity index (χ4n) is 2.77. The Morgan fingerprint density at radius 2 is 1.72 bits per heavy atom. The number of hydrogen-bond acceptors (Lipinski definition) is 6. The maximum Gasteiger partial charge on any atom is 0.251 e. The first kappa shape index (κ1) is 20.9. The Hall–Kier alpha value is -2.78. The van der Waals surface area contributed by atoms with Crippen LogP contribution in [0.3, 0.4) is 0 Å². The Morgan fingerprint density at radius 3 is 2.24 bits per heavy atom. The molecule has 0 radical (unpaired) electrons. The summed E-state index contributed by atoms with van der Waals surface area (Å²) in [6.07, 6.45) is 5.60. The third kappa shape index (κ3) is 4.30. The smallest absolute Gasteiger partial charge is 0.251 e. The Kier molecular flexibility index (Phi) is 5.72. The van der Waals surface area contributed by atoms with Crippen LogP contribution in [0.1, 0.15) is 13.3 Å². The molecule has 10 heteroatoms. The van der Waals surface area contributed by atoms with Crippen molar-refractivity contribution >= 4 is 26.7 Å². The van der Waals surface area contributed by atoms with E-state index in [0.717, 1.165) is 17.5 Å². The number of aromatic nitrogens is 4. The number of rotatable bonds is 7. The van der Waals surface area contributed by atoms with Gasteiger partial charge in [0.2, 0.25) is 5.24 Å². The van der Waals surface area contributed by atoms with E-state index in [0.29, 0.717) is 5.56 Å². The molecule has 8 nitrogen and oxygen atoms in total. The average Bonchev–Trinajstić information content (AvgIpc) is 3.20. The highest BCUT2D eigenvalue weighted by Gasteiger charge is 2.42. The predicted molar refractivity (Wildman–Crippen MR) is 110 cm³/mol. The van der Waals surface area contributed by atoms with Crippen LogP contribution in [0.2, 0.25) is 0 Å². The molecule has 2 heterocycles. The molecule has 0 spiro atoms. The van der Waals surface area contributed by atoms with Crippen molar-refractivity contribution in [1.82, 2.24) is 19.6 Å². The molecular formula is C19H19ClN4O4S. The molecule has 0 amide bonds. The van der Waals surface area contributed by atoms with Crippen molar-refractivity contribution in [2.45, 2.75) is 24.6 Å². The molecule has 0 aliphatic heterocycles. The van der Waals surface area contributed by atoms with Crippen LogP contribution in [0.25, 0.3) is 16.8 Å². The molecule has 3 rings (SSSR count). The van der Waals surface area contributed by atoms with Gasteiger partial charge in [-0.2, -0.15) is 15.0 Å². The van der Waals surface area contributed by atoms with E-state index < -0.39 is 19.8 Å². The van der Waals surface area contributed by atoms with Gasteiger partial charge >= 0.3 is 0 Å². The van der Waals surface area contributed by atoms with Crippen molar-refractivity contribution in [1.29, 1.82) is 0 Å². The van der Waals surface area contributed by atoms with Gasteiger partial charge in [0, 0.05) is 25.1 Å². The van der Waals surface area contributed by atoms with E-state index >= 15 is 0 Å². The summed E-state index contributed by atoms with van der Waals surface area (Å²) in [5, 5.41) is 7.16. The fourth-order valence-corrected chi connectivity index (χ4v) is 4.04. The largest absolute Gasteiger partial charge is 0.315 e. The zero-order valence-electron chi connectivity index (χ0n) is 15.8. The molecular weight excluding hydrogens is 416 g/mol. The number of aryl methyl sites for hydroxylation is 1. The highest BCUT2D eigenvalue weighted by Crippen LogP contribution is 2.25. The third-order valence-electron chi connectivity index (χ3n) is 4.91. The first-order valence-electron chi connectivity index (χ1n) is 8.69. The summed E-state index contributed by atoms with van der Waals surface area (Å²) in [5.41, 5.74) is 2.03. The monoisotopic (exact) mass is 434 g/mol. The second-order valence-electron chi connectivity index (χ2n) is 6.84. The van der Waals surface area contributed by atoms with Crippen molar-refractivity contribution < 1.29 is 13.2 Å². The summed E-state index contributed by atoms with van der Waals surface area (Å²) in [6, 6.07) is 10.6. The van der Waals surface area contributed by atoms with Crippen LogP contribution in [0.5, 0.6) is 0 Å². The Bertz CT molecular complexity index is 1190. The quantitative estimate of drug-likeness (QED) is 0.527. The first-order chi connectivity index (χ1) is 13.6. The van der Waals surface area contributed by atoms with Gasteiger partial charge in [0.25, 0.3) is 5.56 Å². The second-order valence-corrected chi connectivity index (χ2v) is 9.63. The van der Waals surface area contributed by atoms with E-state index in [-0.39, 0.29) is 18.5 Å². The maximum absolute atomic E-state index is 12.5. The topological polar surface area (TPSA) is 104 Å². The Morgan fingerprint density at radius 1 is 1.10 bits per heavy atom. The van der Waals surface area contributed by atoms with Gasteiger partial charge in [-0.25, -0.2) is 8.42 Å². The van der Waals surface area contributed by atoms with Crippen molar-refractivity contribution in [3.05, 3.63) is 65.3 Å². The summed E-state index contributed by atoms with van der Waals surface area (Å²) in [4.78, 5) is 25.6. The van der Waals surface area contributed by atoms with Gasteiger partial charge < -0.3 is 4.57 Å². The Labute approximate surface area is 172 Å². The highest BCUT2D eigenvalue weighted by molar-refractivity contribution is 7.93. The number of carbonyl (C=O) groups excluding carboxylic acids is 1. The zero-order valence-corrected chi connectivity index (χ0v) is 17.4.